The number of aliphatic hydroxyl groups excluding tert-OH is 1. The first-order valence-electron chi connectivity index (χ1n) is 5.26. The third-order valence-corrected chi connectivity index (χ3v) is 2.43. The van der Waals surface area contributed by atoms with E-state index in [4.69, 9.17) is 5.11 Å². The number of hydrogen-bond donors (Lipinski definition) is 1. The monoisotopic (exact) mass is 216 g/mol. The Hall–Kier alpha value is -1.67. The fourth-order valence-electron chi connectivity index (χ4n) is 1.63. The summed E-state index contributed by atoms with van der Waals surface area (Å²) >= 11 is 0. The number of aliphatic hydroxyl groups is 1. The van der Waals surface area contributed by atoms with Crippen molar-refractivity contribution in [2.45, 2.75) is 6.42 Å². The molecule has 0 fully saturated rings. The van der Waals surface area contributed by atoms with Crippen LogP contribution >= 0.6 is 0 Å². The molecule has 0 heterocycles. The van der Waals surface area contributed by atoms with Crippen LogP contribution in [-0.4, -0.2) is 11.7 Å². The van der Waals surface area contributed by atoms with Gasteiger partial charge in [-0.3, -0.25) is 0 Å². The van der Waals surface area contributed by atoms with Crippen molar-refractivity contribution in [2.75, 3.05) is 6.61 Å². The van der Waals surface area contributed by atoms with E-state index in [9.17, 15) is 4.39 Å². The van der Waals surface area contributed by atoms with Gasteiger partial charge in [0.2, 0.25) is 0 Å². The van der Waals surface area contributed by atoms with Crippen molar-refractivity contribution >= 4 is 16.8 Å². The number of fused-ring (bicyclic) bond motifs is 1. The molecule has 0 radical (unpaired) electrons. The van der Waals surface area contributed by atoms with Crippen molar-refractivity contribution in [1.82, 2.24) is 0 Å². The number of halogens is 1. The van der Waals surface area contributed by atoms with E-state index in [2.05, 4.69) is 0 Å². The van der Waals surface area contributed by atoms with Gasteiger partial charge >= 0.3 is 0 Å². The number of rotatable bonds is 3. The van der Waals surface area contributed by atoms with E-state index in [1.54, 1.807) is 6.07 Å². The van der Waals surface area contributed by atoms with Gasteiger partial charge in [-0.1, -0.05) is 30.4 Å². The molecule has 0 saturated carbocycles. The second-order valence-corrected chi connectivity index (χ2v) is 3.67. The average Bonchev–Trinajstić information content (AvgIpc) is 2.29. The number of benzene rings is 2. The summed E-state index contributed by atoms with van der Waals surface area (Å²) in [6, 6.07) is 10.6. The zero-order valence-electron chi connectivity index (χ0n) is 8.86. The summed E-state index contributed by atoms with van der Waals surface area (Å²) in [5, 5.41) is 10.6. The predicted molar refractivity (Wildman–Crippen MR) is 64.6 cm³/mol. The Kier molecular flexibility index (Phi) is 3.32. The van der Waals surface area contributed by atoms with Crippen molar-refractivity contribution < 1.29 is 9.50 Å². The Labute approximate surface area is 93.8 Å². The maximum Gasteiger partial charge on any atom is 0.123 e. The lowest BCUT2D eigenvalue weighted by Crippen LogP contribution is -1.79. The molecule has 82 valence electrons. The van der Waals surface area contributed by atoms with Gasteiger partial charge in [0.15, 0.2) is 0 Å². The minimum absolute atomic E-state index is 0.151. The minimum Gasteiger partial charge on any atom is -0.396 e. The van der Waals surface area contributed by atoms with E-state index < -0.39 is 0 Å². The van der Waals surface area contributed by atoms with Gasteiger partial charge < -0.3 is 5.11 Å². The summed E-state index contributed by atoms with van der Waals surface area (Å²) in [5.74, 6) is -0.219. The van der Waals surface area contributed by atoms with Gasteiger partial charge in [0.25, 0.3) is 0 Å². The molecule has 2 aromatic rings. The summed E-state index contributed by atoms with van der Waals surface area (Å²) in [7, 11) is 0. The lowest BCUT2D eigenvalue weighted by Gasteiger charge is -1.99. The first-order valence-corrected chi connectivity index (χ1v) is 5.26. The van der Waals surface area contributed by atoms with Gasteiger partial charge in [0.05, 0.1) is 0 Å². The van der Waals surface area contributed by atoms with E-state index in [1.165, 1.54) is 12.1 Å². The Bertz CT molecular complexity index is 517. The fourth-order valence-corrected chi connectivity index (χ4v) is 1.63. The largest absolute Gasteiger partial charge is 0.396 e. The molecule has 16 heavy (non-hydrogen) atoms. The molecular weight excluding hydrogens is 203 g/mol. The van der Waals surface area contributed by atoms with Crippen LogP contribution in [0, 0.1) is 5.82 Å². The smallest absolute Gasteiger partial charge is 0.123 e. The first kappa shape index (κ1) is 10.8. The predicted octanol–water partition coefficient (Wildman–Crippen LogP) is 3.37. The highest BCUT2D eigenvalue weighted by Gasteiger charge is 1.96. The summed E-state index contributed by atoms with van der Waals surface area (Å²) in [6.07, 6.45) is 4.47. The van der Waals surface area contributed by atoms with Crippen molar-refractivity contribution in [3.05, 3.63) is 53.9 Å². The van der Waals surface area contributed by atoms with E-state index in [0.717, 1.165) is 16.3 Å². The molecule has 0 bridgehead atoms. The highest BCUT2D eigenvalue weighted by atomic mass is 19.1. The van der Waals surface area contributed by atoms with Crippen LogP contribution in [-0.2, 0) is 0 Å². The normalized spacial score (nSPS) is 11.4. The van der Waals surface area contributed by atoms with Crippen molar-refractivity contribution in [1.29, 1.82) is 0 Å². The molecule has 1 N–H and O–H groups in total. The minimum atomic E-state index is -0.219. The highest BCUT2D eigenvalue weighted by Crippen LogP contribution is 2.18. The number of hydrogen-bond acceptors (Lipinski definition) is 1. The molecule has 0 aromatic heterocycles. The SMILES string of the molecule is OCC/C=C/c1ccc2ccc(F)cc2c1. The Morgan fingerprint density at radius 2 is 1.88 bits per heavy atom. The zero-order chi connectivity index (χ0) is 11.4. The Morgan fingerprint density at radius 1 is 1.06 bits per heavy atom. The van der Waals surface area contributed by atoms with Gasteiger partial charge in [-0.05, 0) is 41.0 Å². The standard InChI is InChI=1S/C14H13FO/c15-14-7-6-12-5-4-11(3-1-2-8-16)9-13(12)10-14/h1,3-7,9-10,16H,2,8H2/b3-1+. The first-order chi connectivity index (χ1) is 7.79. The van der Waals surface area contributed by atoms with Gasteiger partial charge in [-0.25, -0.2) is 4.39 Å². The topological polar surface area (TPSA) is 20.2 Å². The fraction of sp³-hybridized carbons (Fsp3) is 0.143. The second-order valence-electron chi connectivity index (χ2n) is 3.67. The molecule has 0 aliphatic carbocycles. The van der Waals surface area contributed by atoms with Gasteiger partial charge in [0.1, 0.15) is 5.82 Å². The zero-order valence-corrected chi connectivity index (χ0v) is 8.86. The lowest BCUT2D eigenvalue weighted by atomic mass is 10.1. The van der Waals surface area contributed by atoms with E-state index >= 15 is 0 Å². The van der Waals surface area contributed by atoms with Crippen LogP contribution in [0.2, 0.25) is 0 Å². The summed E-state index contributed by atoms with van der Waals surface area (Å²) in [4.78, 5) is 0. The van der Waals surface area contributed by atoms with Gasteiger partial charge in [-0.15, -0.1) is 0 Å². The van der Waals surface area contributed by atoms with Crippen molar-refractivity contribution in [2.24, 2.45) is 0 Å². The van der Waals surface area contributed by atoms with Crippen LogP contribution in [0.25, 0.3) is 16.8 Å². The van der Waals surface area contributed by atoms with Crippen LogP contribution < -0.4 is 0 Å². The molecule has 0 spiro atoms. The Morgan fingerprint density at radius 3 is 2.69 bits per heavy atom. The second kappa shape index (κ2) is 4.90. The van der Waals surface area contributed by atoms with Crippen molar-refractivity contribution in [3.8, 4) is 0 Å². The Balaban J connectivity index is 2.35. The van der Waals surface area contributed by atoms with E-state index in [-0.39, 0.29) is 12.4 Å². The molecular formula is C14H13FO. The molecule has 1 nitrogen and oxygen atoms in total. The molecule has 0 unspecified atom stereocenters. The molecule has 2 heteroatoms. The molecule has 2 aromatic carbocycles. The summed E-state index contributed by atoms with van der Waals surface area (Å²) in [6.45, 7) is 0.151. The maximum absolute atomic E-state index is 13.0. The maximum atomic E-state index is 13.0. The molecule has 0 saturated heterocycles. The molecule has 0 aliphatic rings. The molecule has 2 rings (SSSR count). The van der Waals surface area contributed by atoms with Crippen LogP contribution in [0.3, 0.4) is 0 Å². The lowest BCUT2D eigenvalue weighted by molar-refractivity contribution is 0.303. The average molecular weight is 216 g/mol. The van der Waals surface area contributed by atoms with Gasteiger partial charge in [0, 0.05) is 6.61 Å². The van der Waals surface area contributed by atoms with Crippen LogP contribution in [0.4, 0.5) is 4.39 Å². The van der Waals surface area contributed by atoms with Crippen LogP contribution in [0.1, 0.15) is 12.0 Å². The van der Waals surface area contributed by atoms with Crippen LogP contribution in [0.5, 0.6) is 0 Å². The quantitative estimate of drug-likeness (QED) is 0.834. The molecule has 0 aliphatic heterocycles. The third-order valence-electron chi connectivity index (χ3n) is 2.43. The highest BCUT2D eigenvalue weighted by molar-refractivity contribution is 5.84. The molecule has 0 atom stereocenters. The molecule has 0 amide bonds. The third kappa shape index (κ3) is 2.47. The van der Waals surface area contributed by atoms with Crippen molar-refractivity contribution in [3.63, 3.8) is 0 Å². The van der Waals surface area contributed by atoms with E-state index in [1.807, 2.05) is 30.4 Å². The summed E-state index contributed by atoms with van der Waals surface area (Å²) in [5.41, 5.74) is 1.02. The van der Waals surface area contributed by atoms with Gasteiger partial charge in [-0.2, -0.15) is 0 Å². The van der Waals surface area contributed by atoms with E-state index in [0.29, 0.717) is 6.42 Å². The summed E-state index contributed by atoms with van der Waals surface area (Å²) < 4.78 is 13.0. The van der Waals surface area contributed by atoms with Crippen LogP contribution in [0.15, 0.2) is 42.5 Å².